The minimum absolute atomic E-state index is 0.00722. The van der Waals surface area contributed by atoms with Crippen LogP contribution in [0.2, 0.25) is 10.0 Å². The van der Waals surface area contributed by atoms with Crippen LogP contribution in [0.25, 0.3) is 0 Å². The predicted molar refractivity (Wildman–Crippen MR) is 114 cm³/mol. The highest BCUT2D eigenvalue weighted by Crippen LogP contribution is 2.19. The average molecular weight is 428 g/mol. The van der Waals surface area contributed by atoms with Crippen LogP contribution >= 0.6 is 23.2 Å². The molecule has 0 aliphatic heterocycles. The van der Waals surface area contributed by atoms with Crippen molar-refractivity contribution in [2.45, 2.75) is 0 Å². The fraction of sp³-hybridized carbons (Fsp3) is 0. The van der Waals surface area contributed by atoms with Gasteiger partial charge in [0.25, 0.3) is 11.8 Å². The van der Waals surface area contributed by atoms with Gasteiger partial charge >= 0.3 is 0 Å². The molecule has 0 saturated heterocycles. The van der Waals surface area contributed by atoms with E-state index in [9.17, 15) is 14.7 Å². The summed E-state index contributed by atoms with van der Waals surface area (Å²) in [5, 5.41) is 17.2. The van der Waals surface area contributed by atoms with Crippen molar-refractivity contribution in [2.24, 2.45) is 5.10 Å². The highest BCUT2D eigenvalue weighted by molar-refractivity contribution is 6.31. The number of phenols is 1. The van der Waals surface area contributed by atoms with E-state index in [2.05, 4.69) is 15.8 Å². The van der Waals surface area contributed by atoms with Crippen molar-refractivity contribution < 1.29 is 14.7 Å². The zero-order valence-electron chi connectivity index (χ0n) is 14.9. The standard InChI is InChI=1S/C21H15Cl2N3O3/c22-16-3-1-2-14(10-16)20(28)25-18-7-4-13(5-8-18)21(29)26-24-12-15-11-17(23)6-9-19(15)27/h1-12,27H,(H,25,28)(H,26,29). The molecule has 2 amide bonds. The summed E-state index contributed by atoms with van der Waals surface area (Å²) in [6.07, 6.45) is 1.29. The lowest BCUT2D eigenvalue weighted by atomic mass is 10.1. The van der Waals surface area contributed by atoms with Crippen LogP contribution in [-0.4, -0.2) is 23.1 Å². The number of nitrogens with zero attached hydrogens (tertiary/aromatic N) is 1. The van der Waals surface area contributed by atoms with Crippen LogP contribution in [0.5, 0.6) is 5.75 Å². The van der Waals surface area contributed by atoms with Gasteiger partial charge in [-0.05, 0) is 60.7 Å². The second kappa shape index (κ2) is 9.23. The van der Waals surface area contributed by atoms with Crippen LogP contribution in [0.3, 0.4) is 0 Å². The van der Waals surface area contributed by atoms with Gasteiger partial charge in [0.1, 0.15) is 5.75 Å². The molecule has 8 heteroatoms. The molecule has 0 fully saturated rings. The van der Waals surface area contributed by atoms with Crippen molar-refractivity contribution >= 4 is 46.9 Å². The molecule has 3 aromatic carbocycles. The maximum Gasteiger partial charge on any atom is 0.271 e. The molecule has 146 valence electrons. The summed E-state index contributed by atoms with van der Waals surface area (Å²) in [4.78, 5) is 24.4. The Morgan fingerprint density at radius 2 is 1.59 bits per heavy atom. The normalized spacial score (nSPS) is 10.7. The minimum atomic E-state index is -0.449. The molecule has 0 aromatic heterocycles. The lowest BCUT2D eigenvalue weighted by Gasteiger charge is -2.06. The van der Waals surface area contributed by atoms with E-state index in [1.54, 1.807) is 54.6 Å². The number of nitrogens with one attached hydrogen (secondary N) is 2. The molecule has 0 unspecified atom stereocenters. The molecule has 3 aromatic rings. The zero-order chi connectivity index (χ0) is 20.8. The SMILES string of the molecule is O=C(NN=Cc1cc(Cl)ccc1O)c1ccc(NC(=O)c2cccc(Cl)c2)cc1. The quantitative estimate of drug-likeness (QED) is 0.406. The second-order valence-electron chi connectivity index (χ2n) is 5.94. The third kappa shape index (κ3) is 5.57. The number of rotatable bonds is 5. The molecule has 0 heterocycles. The van der Waals surface area contributed by atoms with Crippen LogP contribution in [0.1, 0.15) is 26.3 Å². The molecule has 0 saturated carbocycles. The van der Waals surface area contributed by atoms with Gasteiger partial charge < -0.3 is 10.4 Å². The van der Waals surface area contributed by atoms with E-state index in [0.717, 1.165) is 0 Å². The molecule has 3 N–H and O–H groups in total. The first-order valence-corrected chi connectivity index (χ1v) is 9.17. The highest BCUT2D eigenvalue weighted by Gasteiger charge is 2.08. The Labute approximate surface area is 176 Å². The monoisotopic (exact) mass is 427 g/mol. The van der Waals surface area contributed by atoms with Gasteiger partial charge in [-0.25, -0.2) is 5.43 Å². The van der Waals surface area contributed by atoms with Gasteiger partial charge in [-0.1, -0.05) is 29.3 Å². The highest BCUT2D eigenvalue weighted by atomic mass is 35.5. The Bertz CT molecular complexity index is 1080. The number of carbonyl (C=O) groups is 2. The van der Waals surface area contributed by atoms with Crippen molar-refractivity contribution in [1.29, 1.82) is 0 Å². The lowest BCUT2D eigenvalue weighted by molar-refractivity contribution is 0.0954. The van der Waals surface area contributed by atoms with Crippen molar-refractivity contribution in [3.8, 4) is 5.75 Å². The van der Waals surface area contributed by atoms with Crippen LogP contribution in [0, 0.1) is 0 Å². The van der Waals surface area contributed by atoms with Gasteiger partial charge in [-0.2, -0.15) is 5.10 Å². The number of amides is 2. The molecular formula is C21H15Cl2N3O3. The first-order valence-electron chi connectivity index (χ1n) is 8.41. The van der Waals surface area contributed by atoms with Crippen LogP contribution < -0.4 is 10.7 Å². The summed E-state index contributed by atoms with van der Waals surface area (Å²) < 4.78 is 0. The van der Waals surface area contributed by atoms with Crippen LogP contribution in [0.4, 0.5) is 5.69 Å². The van der Waals surface area contributed by atoms with Crippen molar-refractivity contribution in [1.82, 2.24) is 5.43 Å². The van der Waals surface area contributed by atoms with E-state index in [0.29, 0.717) is 32.4 Å². The summed E-state index contributed by atoms with van der Waals surface area (Å²) >= 11 is 11.7. The number of benzene rings is 3. The zero-order valence-corrected chi connectivity index (χ0v) is 16.4. The minimum Gasteiger partial charge on any atom is -0.507 e. The van der Waals surface area contributed by atoms with Gasteiger partial charge in [-0.15, -0.1) is 0 Å². The Balaban J connectivity index is 1.60. The van der Waals surface area contributed by atoms with E-state index in [-0.39, 0.29) is 11.7 Å². The van der Waals surface area contributed by atoms with Crippen molar-refractivity contribution in [2.75, 3.05) is 5.32 Å². The van der Waals surface area contributed by atoms with E-state index in [1.165, 1.54) is 18.3 Å². The Morgan fingerprint density at radius 1 is 0.862 bits per heavy atom. The number of carbonyl (C=O) groups excluding carboxylic acids is 2. The van der Waals surface area contributed by atoms with Gasteiger partial charge in [0.05, 0.1) is 6.21 Å². The molecule has 0 radical (unpaired) electrons. The van der Waals surface area contributed by atoms with Gasteiger partial charge in [0, 0.05) is 32.4 Å². The summed E-state index contributed by atoms with van der Waals surface area (Å²) in [6.45, 7) is 0. The number of aromatic hydroxyl groups is 1. The Hall–Kier alpha value is -3.35. The van der Waals surface area contributed by atoms with E-state index >= 15 is 0 Å². The molecule has 0 bridgehead atoms. The fourth-order valence-corrected chi connectivity index (χ4v) is 2.76. The van der Waals surface area contributed by atoms with Gasteiger partial charge in [0.2, 0.25) is 0 Å². The molecule has 3 rings (SSSR count). The Kier molecular flexibility index (Phi) is 6.49. The average Bonchev–Trinajstić information content (AvgIpc) is 2.71. The summed E-state index contributed by atoms with van der Waals surface area (Å²) in [5.74, 6) is -0.765. The fourth-order valence-electron chi connectivity index (χ4n) is 2.39. The summed E-state index contributed by atoms with van der Waals surface area (Å²) in [7, 11) is 0. The van der Waals surface area contributed by atoms with E-state index in [4.69, 9.17) is 23.2 Å². The molecule has 0 spiro atoms. The lowest BCUT2D eigenvalue weighted by Crippen LogP contribution is -2.18. The smallest absolute Gasteiger partial charge is 0.271 e. The summed E-state index contributed by atoms with van der Waals surface area (Å²) in [5.41, 5.74) is 4.03. The van der Waals surface area contributed by atoms with Gasteiger partial charge in [0.15, 0.2) is 0 Å². The van der Waals surface area contributed by atoms with Crippen LogP contribution in [0.15, 0.2) is 71.8 Å². The molecule has 0 atom stereocenters. The molecular weight excluding hydrogens is 413 g/mol. The van der Waals surface area contributed by atoms with E-state index in [1.807, 2.05) is 0 Å². The predicted octanol–water partition coefficient (Wildman–Crippen LogP) is 4.72. The van der Waals surface area contributed by atoms with Crippen LogP contribution in [-0.2, 0) is 0 Å². The number of hydrogen-bond acceptors (Lipinski definition) is 4. The first kappa shape index (κ1) is 20.4. The molecule has 0 aliphatic carbocycles. The molecule has 29 heavy (non-hydrogen) atoms. The van der Waals surface area contributed by atoms with Gasteiger partial charge in [-0.3, -0.25) is 9.59 Å². The molecule has 6 nitrogen and oxygen atoms in total. The number of hydrazone groups is 1. The largest absolute Gasteiger partial charge is 0.507 e. The second-order valence-corrected chi connectivity index (χ2v) is 6.82. The maximum atomic E-state index is 12.2. The number of anilines is 1. The van der Waals surface area contributed by atoms with Crippen molar-refractivity contribution in [3.05, 3.63) is 93.5 Å². The topological polar surface area (TPSA) is 90.8 Å². The Morgan fingerprint density at radius 3 is 2.31 bits per heavy atom. The first-order chi connectivity index (χ1) is 13.9. The van der Waals surface area contributed by atoms with Crippen molar-refractivity contribution in [3.63, 3.8) is 0 Å². The number of halogens is 2. The third-order valence-corrected chi connectivity index (χ3v) is 4.32. The molecule has 0 aliphatic rings. The number of hydrogen-bond donors (Lipinski definition) is 3. The number of phenolic OH excluding ortho intramolecular Hbond substituents is 1. The third-order valence-electron chi connectivity index (χ3n) is 3.85. The summed E-state index contributed by atoms with van der Waals surface area (Å²) in [6, 6.07) is 17.4. The van der Waals surface area contributed by atoms with E-state index < -0.39 is 5.91 Å². The maximum absolute atomic E-state index is 12.2.